The zero-order valence-corrected chi connectivity index (χ0v) is 16.8. The van der Waals surface area contributed by atoms with Crippen molar-refractivity contribution in [3.8, 4) is 11.5 Å². The van der Waals surface area contributed by atoms with Crippen LogP contribution < -0.4 is 20.1 Å². The molecule has 1 aromatic heterocycles. The van der Waals surface area contributed by atoms with Gasteiger partial charge in [-0.1, -0.05) is 11.8 Å². The highest BCUT2D eigenvalue weighted by Crippen LogP contribution is 2.43. The number of aliphatic carboxylic acids is 1. The topological polar surface area (TPSA) is 110 Å². The lowest BCUT2D eigenvalue weighted by molar-refractivity contribution is -0.149. The molecule has 8 nitrogen and oxygen atoms in total. The largest absolute Gasteiger partial charge is 0.497 e. The summed E-state index contributed by atoms with van der Waals surface area (Å²) in [7, 11) is 3.12. The van der Waals surface area contributed by atoms with Gasteiger partial charge in [0.05, 0.1) is 31.3 Å². The summed E-state index contributed by atoms with van der Waals surface area (Å²) in [4.78, 5) is 26.9. The number of aromatic nitrogens is 1. The van der Waals surface area contributed by atoms with Crippen LogP contribution >= 0.6 is 11.8 Å². The van der Waals surface area contributed by atoms with E-state index in [1.807, 2.05) is 13.8 Å². The van der Waals surface area contributed by atoms with Gasteiger partial charge in [0.2, 0.25) is 4.99 Å². The standard InChI is InChI=1S/C19H21N3O5S/c1-10-8-20-15(11(2)16(10)27-4)9-28-19(17(23)18(24)25)21-13-6-5-12(26-3)7-14(13)22-19/h5-8,21-22H,9H2,1-4H3,(H,24,25). The van der Waals surface area contributed by atoms with E-state index >= 15 is 0 Å². The summed E-state index contributed by atoms with van der Waals surface area (Å²) < 4.78 is 10.6. The first kappa shape index (κ1) is 19.8. The van der Waals surface area contributed by atoms with Crippen LogP contribution in [0.5, 0.6) is 11.5 Å². The Labute approximate surface area is 166 Å². The number of anilines is 2. The normalized spacial score (nSPS) is 17.3. The molecule has 0 spiro atoms. The van der Waals surface area contributed by atoms with Crippen molar-refractivity contribution in [3.63, 3.8) is 0 Å². The number of carboxylic acids is 1. The number of Topliss-reactive ketones (excluding diaryl/α,β-unsaturated/α-hetero) is 1. The predicted molar refractivity (Wildman–Crippen MR) is 107 cm³/mol. The molecule has 1 aliphatic rings. The number of nitrogens with zero attached hydrogens (tertiary/aromatic N) is 1. The molecule has 2 heterocycles. The minimum absolute atomic E-state index is 0.298. The average molecular weight is 403 g/mol. The van der Waals surface area contributed by atoms with Crippen molar-refractivity contribution in [1.29, 1.82) is 0 Å². The number of pyridine rings is 1. The molecular weight excluding hydrogens is 382 g/mol. The number of rotatable bonds is 7. The number of thioether (sulfide) groups is 1. The molecule has 28 heavy (non-hydrogen) atoms. The summed E-state index contributed by atoms with van der Waals surface area (Å²) in [6.45, 7) is 3.78. The minimum atomic E-state index is -1.55. The van der Waals surface area contributed by atoms with Crippen molar-refractivity contribution >= 4 is 34.9 Å². The Morgan fingerprint density at radius 3 is 2.54 bits per heavy atom. The number of fused-ring (bicyclic) bond motifs is 1. The third kappa shape index (κ3) is 3.45. The van der Waals surface area contributed by atoms with Gasteiger partial charge in [0, 0.05) is 29.1 Å². The van der Waals surface area contributed by atoms with E-state index in [1.54, 1.807) is 31.5 Å². The van der Waals surface area contributed by atoms with Gasteiger partial charge in [0.1, 0.15) is 11.5 Å². The Kier molecular flexibility index (Phi) is 5.37. The fourth-order valence-electron chi connectivity index (χ4n) is 3.07. The summed E-state index contributed by atoms with van der Waals surface area (Å²) in [6.07, 6.45) is 1.70. The van der Waals surface area contributed by atoms with E-state index in [9.17, 15) is 14.7 Å². The zero-order chi connectivity index (χ0) is 20.5. The quantitative estimate of drug-likeness (QED) is 0.601. The Bertz CT molecular complexity index is 949. The number of nitrogens with one attached hydrogen (secondary N) is 2. The molecule has 3 N–H and O–H groups in total. The maximum absolute atomic E-state index is 12.6. The maximum Gasteiger partial charge on any atom is 0.377 e. The Balaban J connectivity index is 1.91. The summed E-state index contributed by atoms with van der Waals surface area (Å²) in [6, 6.07) is 5.17. The lowest BCUT2D eigenvalue weighted by Crippen LogP contribution is -2.50. The number of carbonyl (C=O) groups is 2. The van der Waals surface area contributed by atoms with Crippen LogP contribution in [0.2, 0.25) is 0 Å². The lowest BCUT2D eigenvalue weighted by atomic mass is 10.1. The maximum atomic E-state index is 12.6. The van der Waals surface area contributed by atoms with Gasteiger partial charge in [-0.05, 0) is 26.0 Å². The lowest BCUT2D eigenvalue weighted by Gasteiger charge is -2.27. The van der Waals surface area contributed by atoms with Crippen molar-refractivity contribution in [1.82, 2.24) is 4.98 Å². The molecule has 2 aromatic rings. The number of methoxy groups -OCH3 is 2. The van der Waals surface area contributed by atoms with Crippen molar-refractivity contribution in [2.75, 3.05) is 24.9 Å². The van der Waals surface area contributed by atoms with Crippen LogP contribution in [-0.4, -0.2) is 41.1 Å². The van der Waals surface area contributed by atoms with Crippen LogP contribution in [0.1, 0.15) is 16.8 Å². The zero-order valence-electron chi connectivity index (χ0n) is 16.0. The molecule has 1 atom stereocenters. The summed E-state index contributed by atoms with van der Waals surface area (Å²) in [5.74, 6) is -0.906. The number of hydrogen-bond acceptors (Lipinski definition) is 8. The molecule has 0 radical (unpaired) electrons. The molecule has 3 rings (SSSR count). The third-order valence-electron chi connectivity index (χ3n) is 4.54. The van der Waals surface area contributed by atoms with Crippen LogP contribution in [0.25, 0.3) is 0 Å². The molecule has 0 fully saturated rings. The van der Waals surface area contributed by atoms with E-state index in [1.165, 1.54) is 7.11 Å². The molecule has 0 saturated heterocycles. The second kappa shape index (κ2) is 7.59. The number of carbonyl (C=O) groups excluding carboxylic acids is 1. The van der Waals surface area contributed by atoms with E-state index < -0.39 is 16.7 Å². The Morgan fingerprint density at radius 1 is 1.18 bits per heavy atom. The van der Waals surface area contributed by atoms with Crippen LogP contribution in [0.4, 0.5) is 11.4 Å². The molecule has 1 aromatic carbocycles. The summed E-state index contributed by atoms with van der Waals surface area (Å²) in [5.41, 5.74) is 3.68. The number of aryl methyl sites for hydroxylation is 1. The van der Waals surface area contributed by atoms with Crippen molar-refractivity contribution in [2.45, 2.75) is 24.6 Å². The smallest absolute Gasteiger partial charge is 0.377 e. The fourth-order valence-corrected chi connectivity index (χ4v) is 4.30. The Hall–Kier alpha value is -2.94. The molecule has 9 heteroatoms. The molecule has 0 amide bonds. The van der Waals surface area contributed by atoms with E-state index in [0.29, 0.717) is 28.6 Å². The summed E-state index contributed by atoms with van der Waals surface area (Å²) >= 11 is 1.12. The molecule has 1 unspecified atom stereocenters. The molecule has 148 valence electrons. The number of benzene rings is 1. The van der Waals surface area contributed by atoms with Crippen molar-refractivity contribution in [3.05, 3.63) is 41.2 Å². The average Bonchev–Trinajstić information content (AvgIpc) is 3.05. The number of ether oxygens (including phenoxy) is 2. The highest BCUT2D eigenvalue weighted by atomic mass is 32.2. The molecule has 1 aliphatic heterocycles. The Morgan fingerprint density at radius 2 is 1.89 bits per heavy atom. The van der Waals surface area contributed by atoms with Gasteiger partial charge in [-0.15, -0.1) is 0 Å². The van der Waals surface area contributed by atoms with Gasteiger partial charge in [-0.3, -0.25) is 9.78 Å². The van der Waals surface area contributed by atoms with Crippen LogP contribution in [0.15, 0.2) is 24.4 Å². The first-order valence-electron chi connectivity index (χ1n) is 8.46. The highest BCUT2D eigenvalue weighted by molar-refractivity contribution is 8.01. The van der Waals surface area contributed by atoms with Crippen LogP contribution in [0, 0.1) is 13.8 Å². The highest BCUT2D eigenvalue weighted by Gasteiger charge is 2.47. The minimum Gasteiger partial charge on any atom is -0.497 e. The van der Waals surface area contributed by atoms with Crippen LogP contribution in [0.3, 0.4) is 0 Å². The second-order valence-electron chi connectivity index (χ2n) is 6.31. The SMILES string of the molecule is COc1ccc2c(c1)NC(SCc1ncc(C)c(OC)c1C)(C(=O)C(=O)O)N2. The fraction of sp³-hybridized carbons (Fsp3) is 0.316. The predicted octanol–water partition coefficient (Wildman–Crippen LogP) is 2.79. The van der Waals surface area contributed by atoms with Gasteiger partial charge in [0.25, 0.3) is 5.78 Å². The first-order chi connectivity index (χ1) is 13.3. The van der Waals surface area contributed by atoms with E-state index in [2.05, 4.69) is 15.6 Å². The van der Waals surface area contributed by atoms with Gasteiger partial charge in [-0.2, -0.15) is 0 Å². The van der Waals surface area contributed by atoms with Gasteiger partial charge in [0.15, 0.2) is 0 Å². The van der Waals surface area contributed by atoms with E-state index in [0.717, 1.165) is 28.6 Å². The third-order valence-corrected chi connectivity index (χ3v) is 5.78. The van der Waals surface area contributed by atoms with Gasteiger partial charge < -0.3 is 25.2 Å². The number of carboxylic acid groups (broad SMARTS) is 1. The van der Waals surface area contributed by atoms with Gasteiger partial charge in [-0.25, -0.2) is 4.79 Å². The first-order valence-corrected chi connectivity index (χ1v) is 9.45. The van der Waals surface area contributed by atoms with Gasteiger partial charge >= 0.3 is 5.97 Å². The molecule has 0 aliphatic carbocycles. The second-order valence-corrected chi connectivity index (χ2v) is 7.50. The van der Waals surface area contributed by atoms with E-state index in [-0.39, 0.29) is 0 Å². The monoisotopic (exact) mass is 403 g/mol. The van der Waals surface area contributed by atoms with Crippen molar-refractivity contribution in [2.24, 2.45) is 0 Å². The number of hydrogen-bond donors (Lipinski definition) is 3. The van der Waals surface area contributed by atoms with E-state index in [4.69, 9.17) is 9.47 Å². The molecular formula is C19H21N3O5S. The summed E-state index contributed by atoms with van der Waals surface area (Å²) in [5, 5.41) is 15.4. The molecule has 0 saturated carbocycles. The number of ketones is 1. The van der Waals surface area contributed by atoms with Crippen LogP contribution in [-0.2, 0) is 15.3 Å². The molecule has 0 bridgehead atoms. The van der Waals surface area contributed by atoms with Crippen molar-refractivity contribution < 1.29 is 24.2 Å².